The largest absolute Gasteiger partial charge is 0.508 e. The van der Waals surface area contributed by atoms with Crippen molar-refractivity contribution in [3.05, 3.63) is 24.3 Å². The summed E-state index contributed by atoms with van der Waals surface area (Å²) in [5.41, 5.74) is 0. The van der Waals surface area contributed by atoms with Crippen molar-refractivity contribution in [1.29, 1.82) is 0 Å². The lowest BCUT2D eigenvalue weighted by atomic mass is 10.0. The molecule has 1 unspecified atom stereocenters. The molecule has 2 heteroatoms. The molecular formula is C13H20O2. The van der Waals surface area contributed by atoms with Gasteiger partial charge in [0, 0.05) is 0 Å². The van der Waals surface area contributed by atoms with Gasteiger partial charge >= 0.3 is 0 Å². The number of phenols is 1. The molecule has 0 saturated heterocycles. The first-order chi connectivity index (χ1) is 7.22. The van der Waals surface area contributed by atoms with Crippen LogP contribution in [0.3, 0.4) is 0 Å². The van der Waals surface area contributed by atoms with Crippen molar-refractivity contribution in [3.8, 4) is 11.5 Å². The zero-order valence-corrected chi connectivity index (χ0v) is 9.57. The Bertz CT molecular complexity index is 266. The molecule has 1 N–H and O–H groups in total. The van der Waals surface area contributed by atoms with Crippen LogP contribution in [0.5, 0.6) is 11.5 Å². The molecule has 0 aliphatic heterocycles. The summed E-state index contributed by atoms with van der Waals surface area (Å²) in [4.78, 5) is 0. The molecule has 0 aliphatic carbocycles. The molecule has 0 heterocycles. The predicted octanol–water partition coefficient (Wildman–Crippen LogP) is 3.60. The summed E-state index contributed by atoms with van der Waals surface area (Å²) in [6.07, 6.45) is 3.55. The zero-order chi connectivity index (χ0) is 11.1. The van der Waals surface area contributed by atoms with Gasteiger partial charge in [-0.25, -0.2) is 0 Å². The molecule has 0 aromatic heterocycles. The van der Waals surface area contributed by atoms with Gasteiger partial charge in [-0.2, -0.15) is 0 Å². The smallest absolute Gasteiger partial charge is 0.119 e. The van der Waals surface area contributed by atoms with Gasteiger partial charge in [0.2, 0.25) is 0 Å². The van der Waals surface area contributed by atoms with E-state index in [4.69, 9.17) is 9.84 Å². The quantitative estimate of drug-likeness (QED) is 0.724. The highest BCUT2D eigenvalue weighted by Crippen LogP contribution is 2.16. The van der Waals surface area contributed by atoms with Crippen LogP contribution in [0.25, 0.3) is 0 Å². The zero-order valence-electron chi connectivity index (χ0n) is 9.57. The Kier molecular flexibility index (Phi) is 5.02. The Labute approximate surface area is 91.9 Å². The second-order valence-electron chi connectivity index (χ2n) is 4.00. The number of benzene rings is 1. The fraction of sp³-hybridized carbons (Fsp3) is 0.538. The van der Waals surface area contributed by atoms with Crippen LogP contribution in [-0.2, 0) is 0 Å². The minimum absolute atomic E-state index is 0.280. The number of ether oxygens (including phenoxy) is 1. The first-order valence-corrected chi connectivity index (χ1v) is 5.64. The van der Waals surface area contributed by atoms with E-state index in [1.54, 1.807) is 24.3 Å². The van der Waals surface area contributed by atoms with Gasteiger partial charge in [0.25, 0.3) is 0 Å². The van der Waals surface area contributed by atoms with Crippen molar-refractivity contribution >= 4 is 0 Å². The van der Waals surface area contributed by atoms with E-state index >= 15 is 0 Å². The lowest BCUT2D eigenvalue weighted by Gasteiger charge is -2.09. The first kappa shape index (κ1) is 11.9. The van der Waals surface area contributed by atoms with Crippen LogP contribution in [0.4, 0.5) is 0 Å². The van der Waals surface area contributed by atoms with Crippen LogP contribution in [-0.4, -0.2) is 11.7 Å². The standard InChI is InChI=1S/C13H20O2/c1-3-11(2)5-4-10-15-13-8-6-12(14)7-9-13/h6-9,11,14H,3-5,10H2,1-2H3. The number of hydrogen-bond acceptors (Lipinski definition) is 2. The molecule has 0 amide bonds. The Hall–Kier alpha value is -1.18. The van der Waals surface area contributed by atoms with Crippen LogP contribution in [0.15, 0.2) is 24.3 Å². The summed E-state index contributed by atoms with van der Waals surface area (Å²) in [5, 5.41) is 9.08. The average molecular weight is 208 g/mol. The molecule has 1 atom stereocenters. The maximum atomic E-state index is 9.08. The van der Waals surface area contributed by atoms with Gasteiger partial charge in [-0.15, -0.1) is 0 Å². The Morgan fingerprint density at radius 2 is 1.93 bits per heavy atom. The second kappa shape index (κ2) is 6.33. The Morgan fingerprint density at radius 1 is 1.27 bits per heavy atom. The molecule has 1 aromatic carbocycles. The van der Waals surface area contributed by atoms with Crippen molar-refractivity contribution in [2.45, 2.75) is 33.1 Å². The van der Waals surface area contributed by atoms with E-state index < -0.39 is 0 Å². The SMILES string of the molecule is CCC(C)CCCOc1ccc(O)cc1. The molecule has 0 fully saturated rings. The lowest BCUT2D eigenvalue weighted by Crippen LogP contribution is -2.00. The molecule has 0 aliphatic rings. The van der Waals surface area contributed by atoms with Crippen LogP contribution < -0.4 is 4.74 Å². The van der Waals surface area contributed by atoms with E-state index in [9.17, 15) is 0 Å². The van der Waals surface area contributed by atoms with E-state index in [-0.39, 0.29) is 5.75 Å². The molecular weight excluding hydrogens is 188 g/mol. The molecule has 0 saturated carbocycles. The van der Waals surface area contributed by atoms with Gasteiger partial charge in [0.15, 0.2) is 0 Å². The van der Waals surface area contributed by atoms with E-state index in [1.807, 2.05) is 0 Å². The summed E-state index contributed by atoms with van der Waals surface area (Å²) in [6, 6.07) is 6.87. The van der Waals surface area contributed by atoms with Crippen molar-refractivity contribution in [1.82, 2.24) is 0 Å². The van der Waals surface area contributed by atoms with E-state index in [1.165, 1.54) is 12.8 Å². The van der Waals surface area contributed by atoms with Crippen molar-refractivity contribution < 1.29 is 9.84 Å². The normalized spacial score (nSPS) is 12.4. The summed E-state index contributed by atoms with van der Waals surface area (Å²) >= 11 is 0. The molecule has 0 bridgehead atoms. The number of phenolic OH excluding ortho intramolecular Hbond substituents is 1. The fourth-order valence-electron chi connectivity index (χ4n) is 1.37. The van der Waals surface area contributed by atoms with E-state index in [2.05, 4.69) is 13.8 Å². The molecule has 2 nitrogen and oxygen atoms in total. The maximum absolute atomic E-state index is 9.08. The van der Waals surface area contributed by atoms with Crippen LogP contribution in [0.1, 0.15) is 33.1 Å². The third-order valence-corrected chi connectivity index (χ3v) is 2.64. The van der Waals surface area contributed by atoms with Gasteiger partial charge in [0.05, 0.1) is 6.61 Å². The highest BCUT2D eigenvalue weighted by Gasteiger charge is 1.99. The van der Waals surface area contributed by atoms with Crippen LogP contribution in [0.2, 0.25) is 0 Å². The van der Waals surface area contributed by atoms with Crippen molar-refractivity contribution in [2.24, 2.45) is 5.92 Å². The van der Waals surface area contributed by atoms with Gasteiger partial charge < -0.3 is 9.84 Å². The number of hydrogen-bond donors (Lipinski definition) is 1. The van der Waals surface area contributed by atoms with E-state index in [0.29, 0.717) is 0 Å². The molecule has 1 rings (SSSR count). The molecule has 84 valence electrons. The van der Waals surface area contributed by atoms with Gasteiger partial charge in [-0.1, -0.05) is 20.3 Å². The summed E-state index contributed by atoms with van der Waals surface area (Å²) in [6.45, 7) is 5.24. The van der Waals surface area contributed by atoms with Gasteiger partial charge in [-0.05, 0) is 43.0 Å². The van der Waals surface area contributed by atoms with Crippen molar-refractivity contribution in [3.63, 3.8) is 0 Å². The van der Waals surface area contributed by atoms with Crippen LogP contribution in [0, 0.1) is 5.92 Å². The third-order valence-electron chi connectivity index (χ3n) is 2.64. The minimum Gasteiger partial charge on any atom is -0.508 e. The van der Waals surface area contributed by atoms with Gasteiger partial charge in [0.1, 0.15) is 11.5 Å². The third kappa shape index (κ3) is 4.73. The minimum atomic E-state index is 0.280. The summed E-state index contributed by atoms with van der Waals surface area (Å²) in [5.74, 6) is 1.90. The van der Waals surface area contributed by atoms with Gasteiger partial charge in [-0.3, -0.25) is 0 Å². The topological polar surface area (TPSA) is 29.5 Å². The second-order valence-corrected chi connectivity index (χ2v) is 4.00. The first-order valence-electron chi connectivity index (χ1n) is 5.64. The van der Waals surface area contributed by atoms with Crippen LogP contribution >= 0.6 is 0 Å². The monoisotopic (exact) mass is 208 g/mol. The van der Waals surface area contributed by atoms with Crippen molar-refractivity contribution in [2.75, 3.05) is 6.61 Å². The maximum Gasteiger partial charge on any atom is 0.119 e. The highest BCUT2D eigenvalue weighted by molar-refractivity contribution is 5.29. The molecule has 0 spiro atoms. The molecule has 0 radical (unpaired) electrons. The average Bonchev–Trinajstić information content (AvgIpc) is 2.26. The fourth-order valence-corrected chi connectivity index (χ4v) is 1.37. The number of aromatic hydroxyl groups is 1. The molecule has 15 heavy (non-hydrogen) atoms. The summed E-state index contributed by atoms with van der Waals surface area (Å²) in [7, 11) is 0. The Balaban J connectivity index is 2.17. The molecule has 1 aromatic rings. The number of rotatable bonds is 6. The lowest BCUT2D eigenvalue weighted by molar-refractivity contribution is 0.293. The summed E-state index contributed by atoms with van der Waals surface area (Å²) < 4.78 is 5.54. The predicted molar refractivity (Wildman–Crippen MR) is 62.3 cm³/mol. The van der Waals surface area contributed by atoms with E-state index in [0.717, 1.165) is 24.7 Å². The highest BCUT2D eigenvalue weighted by atomic mass is 16.5. The Morgan fingerprint density at radius 3 is 2.53 bits per heavy atom.